The van der Waals surface area contributed by atoms with Gasteiger partial charge in [0.2, 0.25) is 0 Å². The van der Waals surface area contributed by atoms with Crippen LogP contribution in [0.15, 0.2) is 60.1 Å². The maximum atomic E-state index is 14.1. The molecule has 2 aromatic heterocycles. The first-order valence-corrected chi connectivity index (χ1v) is 11.2. The Bertz CT molecular complexity index is 1310. The minimum absolute atomic E-state index is 0.247. The molecule has 5 nitrogen and oxygen atoms in total. The summed E-state index contributed by atoms with van der Waals surface area (Å²) >= 11 is 0. The van der Waals surface area contributed by atoms with Crippen molar-refractivity contribution in [1.82, 2.24) is 9.55 Å². The molecule has 1 aliphatic carbocycles. The van der Waals surface area contributed by atoms with E-state index in [0.29, 0.717) is 19.4 Å². The summed E-state index contributed by atoms with van der Waals surface area (Å²) in [5.74, 6) is 0.209. The fraction of sp³-hybridized carbons (Fsp3) is 0.333. The Labute approximate surface area is 192 Å². The molecule has 0 unspecified atom stereocenters. The van der Waals surface area contributed by atoms with Crippen LogP contribution < -0.4 is 0 Å². The normalized spacial score (nSPS) is 22.7. The minimum Gasteiger partial charge on any atom is -0.494 e. The summed E-state index contributed by atoms with van der Waals surface area (Å²) in [6.07, 6.45) is 7.11. The molecular weight excluding hydrogens is 419 g/mol. The molecule has 1 N–H and O–H groups in total. The molecule has 0 saturated heterocycles. The Hall–Kier alpha value is -3.41. The second-order valence-electron chi connectivity index (χ2n) is 9.49. The number of hydrogen-bond acceptors (Lipinski definition) is 3. The van der Waals surface area contributed by atoms with Crippen molar-refractivity contribution < 1.29 is 19.0 Å². The number of alkyl halides is 1. The van der Waals surface area contributed by atoms with Gasteiger partial charge in [-0.2, -0.15) is 0 Å². The van der Waals surface area contributed by atoms with Crippen LogP contribution in [0.3, 0.4) is 0 Å². The second-order valence-corrected chi connectivity index (χ2v) is 9.49. The highest BCUT2D eigenvalue weighted by Crippen LogP contribution is 2.43. The molecule has 1 aromatic carbocycles. The number of benzene rings is 1. The van der Waals surface area contributed by atoms with Crippen LogP contribution in [0.25, 0.3) is 27.7 Å². The first-order valence-electron chi connectivity index (χ1n) is 11.2. The number of pyridine rings is 1. The van der Waals surface area contributed by atoms with Gasteiger partial charge in [-0.05, 0) is 74.9 Å². The van der Waals surface area contributed by atoms with Gasteiger partial charge in [-0.3, -0.25) is 4.98 Å². The van der Waals surface area contributed by atoms with Gasteiger partial charge in [0, 0.05) is 35.6 Å². The zero-order chi connectivity index (χ0) is 23.3. The van der Waals surface area contributed by atoms with Crippen LogP contribution in [0.2, 0.25) is 0 Å². The van der Waals surface area contributed by atoms with E-state index in [0.717, 1.165) is 51.2 Å². The number of ether oxygens (including phenoxy) is 1. The van der Waals surface area contributed by atoms with E-state index in [1.54, 1.807) is 19.1 Å². The molecule has 3 heterocycles. The van der Waals surface area contributed by atoms with E-state index in [9.17, 15) is 14.3 Å². The van der Waals surface area contributed by atoms with Crippen LogP contribution in [0, 0.1) is 5.92 Å². The van der Waals surface area contributed by atoms with E-state index in [1.807, 2.05) is 25.3 Å². The quantitative estimate of drug-likeness (QED) is 0.503. The van der Waals surface area contributed by atoms with E-state index in [1.165, 1.54) is 0 Å². The Morgan fingerprint density at radius 3 is 2.61 bits per heavy atom. The molecule has 0 atom stereocenters. The van der Waals surface area contributed by atoms with Gasteiger partial charge in [-0.1, -0.05) is 12.1 Å². The van der Waals surface area contributed by atoms with Gasteiger partial charge >= 0.3 is 5.97 Å². The number of aromatic nitrogens is 2. The zero-order valence-electron chi connectivity index (χ0n) is 19.1. The summed E-state index contributed by atoms with van der Waals surface area (Å²) in [7, 11) is 0. The summed E-state index contributed by atoms with van der Waals surface area (Å²) in [6.45, 7) is 7.02. The average molecular weight is 447 g/mol. The van der Waals surface area contributed by atoms with E-state index < -0.39 is 11.6 Å². The fourth-order valence-corrected chi connectivity index (χ4v) is 5.18. The summed E-state index contributed by atoms with van der Waals surface area (Å²) in [4.78, 5) is 16.1. The van der Waals surface area contributed by atoms with Crippen molar-refractivity contribution >= 4 is 22.6 Å². The number of carboxylic acids is 1. The standard InChI is InChI=1S/C27H27FN2O3/c1-16-8-9-33-17(2)24(16)21-10-23-25(29-13-21)22(19-4-6-20(7-5-19)26(31)32)15-30(23)14-18-11-27(3,28)12-18/h4-8,10,13,15,18H,9,11-12,14H2,1-3H3,(H,31,32). The van der Waals surface area contributed by atoms with Crippen molar-refractivity contribution in [1.29, 1.82) is 0 Å². The fourth-order valence-electron chi connectivity index (χ4n) is 5.18. The summed E-state index contributed by atoms with van der Waals surface area (Å²) < 4.78 is 22.1. The molecule has 0 spiro atoms. The Morgan fingerprint density at radius 1 is 1.24 bits per heavy atom. The molecule has 33 heavy (non-hydrogen) atoms. The van der Waals surface area contributed by atoms with Gasteiger partial charge in [0.05, 0.1) is 16.6 Å². The van der Waals surface area contributed by atoms with E-state index >= 15 is 0 Å². The first-order chi connectivity index (χ1) is 15.7. The van der Waals surface area contributed by atoms with Crippen molar-refractivity contribution in [3.8, 4) is 11.1 Å². The lowest BCUT2D eigenvalue weighted by molar-refractivity contribution is 0.0178. The average Bonchev–Trinajstić information content (AvgIpc) is 3.10. The highest BCUT2D eigenvalue weighted by Gasteiger charge is 2.40. The topological polar surface area (TPSA) is 64.3 Å². The van der Waals surface area contributed by atoms with Crippen molar-refractivity contribution in [3.05, 3.63) is 71.3 Å². The van der Waals surface area contributed by atoms with Gasteiger partial charge in [0.1, 0.15) is 18.0 Å². The van der Waals surface area contributed by atoms with Gasteiger partial charge < -0.3 is 14.4 Å². The van der Waals surface area contributed by atoms with Crippen LogP contribution in [-0.2, 0) is 11.3 Å². The highest BCUT2D eigenvalue weighted by atomic mass is 19.1. The van der Waals surface area contributed by atoms with Gasteiger partial charge in [0.25, 0.3) is 0 Å². The summed E-state index contributed by atoms with van der Waals surface area (Å²) in [5, 5.41) is 9.23. The molecule has 6 heteroatoms. The van der Waals surface area contributed by atoms with Crippen LogP contribution in [0.4, 0.5) is 4.39 Å². The molecule has 170 valence electrons. The number of hydrogen-bond donors (Lipinski definition) is 1. The SMILES string of the molecule is CC1=CCOC(C)=C1c1cnc2c(-c3ccc(C(=O)O)cc3)cn(CC3CC(C)(F)C3)c2c1. The number of rotatable bonds is 5. The van der Waals surface area contributed by atoms with Crippen molar-refractivity contribution in [2.24, 2.45) is 5.92 Å². The Morgan fingerprint density at radius 2 is 1.97 bits per heavy atom. The lowest BCUT2D eigenvalue weighted by Gasteiger charge is -2.39. The number of aromatic carboxylic acids is 1. The third-order valence-electron chi connectivity index (χ3n) is 6.77. The molecule has 1 aliphatic heterocycles. The predicted octanol–water partition coefficient (Wildman–Crippen LogP) is 6.25. The van der Waals surface area contributed by atoms with Gasteiger partial charge in [-0.25, -0.2) is 9.18 Å². The summed E-state index contributed by atoms with van der Waals surface area (Å²) in [5.41, 5.74) is 6.05. The molecular formula is C27H27FN2O3. The molecule has 1 saturated carbocycles. The van der Waals surface area contributed by atoms with Crippen LogP contribution in [-0.4, -0.2) is 32.9 Å². The van der Waals surface area contributed by atoms with Crippen molar-refractivity contribution in [2.45, 2.75) is 45.8 Å². The Kier molecular flexibility index (Phi) is 5.11. The maximum Gasteiger partial charge on any atom is 0.335 e. The minimum atomic E-state index is -1.07. The number of fused-ring (bicyclic) bond motifs is 1. The molecule has 0 amide bonds. The number of allylic oxidation sites excluding steroid dienone is 3. The van der Waals surface area contributed by atoms with Crippen molar-refractivity contribution in [2.75, 3.05) is 6.61 Å². The predicted molar refractivity (Wildman–Crippen MR) is 127 cm³/mol. The molecule has 3 aromatic rings. The monoisotopic (exact) mass is 446 g/mol. The van der Waals surface area contributed by atoms with E-state index in [2.05, 4.69) is 29.8 Å². The van der Waals surface area contributed by atoms with Gasteiger partial charge in [-0.15, -0.1) is 0 Å². The van der Waals surface area contributed by atoms with Crippen LogP contribution in [0.5, 0.6) is 0 Å². The molecule has 0 radical (unpaired) electrons. The Balaban J connectivity index is 1.61. The van der Waals surface area contributed by atoms with E-state index in [-0.39, 0.29) is 11.5 Å². The largest absolute Gasteiger partial charge is 0.494 e. The van der Waals surface area contributed by atoms with Crippen LogP contribution in [0.1, 0.15) is 49.5 Å². The van der Waals surface area contributed by atoms with Gasteiger partial charge in [0.15, 0.2) is 0 Å². The molecule has 5 rings (SSSR count). The molecule has 1 fully saturated rings. The second kappa shape index (κ2) is 7.87. The highest BCUT2D eigenvalue weighted by molar-refractivity contribution is 5.96. The number of nitrogens with zero attached hydrogens (tertiary/aromatic N) is 2. The maximum absolute atomic E-state index is 14.1. The van der Waals surface area contributed by atoms with E-state index in [4.69, 9.17) is 9.72 Å². The lowest BCUT2D eigenvalue weighted by atomic mass is 9.73. The molecule has 2 aliphatic rings. The lowest BCUT2D eigenvalue weighted by Crippen LogP contribution is -2.38. The smallest absolute Gasteiger partial charge is 0.335 e. The third-order valence-corrected chi connectivity index (χ3v) is 6.77. The number of carbonyl (C=O) groups is 1. The van der Waals surface area contributed by atoms with Crippen molar-refractivity contribution in [3.63, 3.8) is 0 Å². The zero-order valence-corrected chi connectivity index (χ0v) is 19.1. The summed E-state index contributed by atoms with van der Waals surface area (Å²) in [6, 6.07) is 8.98. The molecule has 0 bridgehead atoms. The number of halogens is 1. The number of carboxylic acid groups (broad SMARTS) is 1. The third kappa shape index (κ3) is 3.94. The van der Waals surface area contributed by atoms with Crippen LogP contribution >= 0.6 is 0 Å². The first kappa shape index (κ1) is 21.4.